The number of ketones is 1. The van der Waals surface area contributed by atoms with Gasteiger partial charge in [0.1, 0.15) is 11.5 Å². The zero-order chi connectivity index (χ0) is 26.4. The molecule has 2 aromatic rings. The molecule has 2 fully saturated rings. The molecule has 2 aliphatic heterocycles. The van der Waals surface area contributed by atoms with Gasteiger partial charge in [0.25, 0.3) is 0 Å². The van der Waals surface area contributed by atoms with E-state index in [1.54, 1.807) is 30.3 Å². The monoisotopic (exact) mass is 534 g/mol. The first-order valence-corrected chi connectivity index (χ1v) is 12.4. The minimum atomic E-state index is -1.39. The Hall–Kier alpha value is -2.87. The fourth-order valence-electron chi connectivity index (χ4n) is 5.15. The average molecular weight is 534 g/mol. The number of carbonyl (C=O) groups excluding carboxylic acids is 2. The maximum Gasteiger partial charge on any atom is 1.00 e. The van der Waals surface area contributed by atoms with Gasteiger partial charge in [-0.2, -0.15) is 0 Å². The first-order valence-electron chi connectivity index (χ1n) is 12.4. The zero-order valence-electron chi connectivity index (χ0n) is 22.3. The Morgan fingerprint density at radius 1 is 0.872 bits per heavy atom. The van der Waals surface area contributed by atoms with Crippen LogP contribution >= 0.6 is 0 Å². The number of hydrogen-bond donors (Lipinski definition) is 2. The number of Topliss-reactive ketones (excluding diaryl/α,β-unsaturated/α-hetero) is 1. The molecule has 0 spiro atoms. The average Bonchev–Trinajstić information content (AvgIpc) is 3.83. The van der Waals surface area contributed by atoms with Gasteiger partial charge in [0.15, 0.2) is 11.6 Å². The van der Waals surface area contributed by atoms with Crippen molar-refractivity contribution in [2.24, 2.45) is 0 Å². The SMILES string of the molecule is COC(=O)C1(c2ccc3c(c2)C(=O)CCO3)CC1.COC1(O)CCOc2ccc(C3(C(=O)O)CC3)cc21.[Li+].[OH-]. The van der Waals surface area contributed by atoms with Crippen LogP contribution in [-0.2, 0) is 35.7 Å². The van der Waals surface area contributed by atoms with Crippen LogP contribution in [-0.4, -0.2) is 60.8 Å². The van der Waals surface area contributed by atoms with Gasteiger partial charge in [0.2, 0.25) is 0 Å². The summed E-state index contributed by atoms with van der Waals surface area (Å²) in [6.07, 6.45) is 3.57. The molecule has 39 heavy (non-hydrogen) atoms. The van der Waals surface area contributed by atoms with Crippen LogP contribution in [0.25, 0.3) is 0 Å². The van der Waals surface area contributed by atoms with E-state index in [1.165, 1.54) is 14.2 Å². The molecule has 204 valence electrons. The third kappa shape index (κ3) is 5.32. The number of esters is 1. The number of ether oxygens (including phenoxy) is 4. The third-order valence-electron chi connectivity index (χ3n) is 7.89. The predicted molar refractivity (Wildman–Crippen MR) is 132 cm³/mol. The Kier molecular flexibility index (Phi) is 8.90. The minimum absolute atomic E-state index is 0. The summed E-state index contributed by atoms with van der Waals surface area (Å²) in [7, 11) is 2.83. The van der Waals surface area contributed by atoms with Gasteiger partial charge in [-0.3, -0.25) is 14.4 Å². The van der Waals surface area contributed by atoms with Crippen LogP contribution in [0.5, 0.6) is 11.5 Å². The number of benzene rings is 2. The molecule has 1 unspecified atom stereocenters. The summed E-state index contributed by atoms with van der Waals surface area (Å²) in [6.45, 7) is 0.814. The summed E-state index contributed by atoms with van der Waals surface area (Å²) >= 11 is 0. The van der Waals surface area contributed by atoms with Crippen LogP contribution < -0.4 is 28.3 Å². The topological polar surface area (TPSA) is 159 Å². The molecule has 1 atom stereocenters. The molecule has 2 aromatic carbocycles. The van der Waals surface area contributed by atoms with E-state index in [9.17, 15) is 24.6 Å². The third-order valence-corrected chi connectivity index (χ3v) is 7.89. The molecular formula is C28H31LiO10. The number of carboxylic acids is 1. The van der Waals surface area contributed by atoms with Crippen molar-refractivity contribution in [2.45, 2.75) is 55.1 Å². The van der Waals surface area contributed by atoms with Gasteiger partial charge < -0.3 is 34.6 Å². The molecule has 11 heteroatoms. The van der Waals surface area contributed by atoms with Crippen LogP contribution in [0.15, 0.2) is 36.4 Å². The molecule has 2 saturated carbocycles. The van der Waals surface area contributed by atoms with Crippen LogP contribution in [0.4, 0.5) is 0 Å². The summed E-state index contributed by atoms with van der Waals surface area (Å²) in [6, 6.07) is 10.6. The van der Waals surface area contributed by atoms with Crippen LogP contribution in [0.2, 0.25) is 0 Å². The molecule has 6 rings (SSSR count). The van der Waals surface area contributed by atoms with Crippen molar-refractivity contribution < 1.29 is 67.9 Å². The van der Waals surface area contributed by atoms with Gasteiger partial charge >= 0.3 is 30.8 Å². The van der Waals surface area contributed by atoms with Gasteiger partial charge in [-0.05, 0) is 61.1 Å². The Balaban J connectivity index is 0.000000205. The van der Waals surface area contributed by atoms with E-state index in [-0.39, 0.29) is 36.1 Å². The fraction of sp³-hybridized carbons (Fsp3) is 0.464. The molecule has 2 aliphatic carbocycles. The van der Waals surface area contributed by atoms with E-state index in [4.69, 9.17) is 18.9 Å². The minimum Gasteiger partial charge on any atom is -0.870 e. The molecule has 0 saturated heterocycles. The van der Waals surface area contributed by atoms with Gasteiger partial charge in [-0.1, -0.05) is 12.1 Å². The Morgan fingerprint density at radius 3 is 2.03 bits per heavy atom. The number of methoxy groups -OCH3 is 2. The standard InChI is InChI=1S/C14H16O5.C14H14O4.Li.H2O/c1-18-14(17)6-7-19-11-3-2-9(8-10(11)14)13(4-5-13)12(15)16;1-17-13(16)14(5-6-14)9-2-3-12-10(8-9)11(15)4-7-18-12;;/h2-3,8,17H,4-7H2,1H3,(H,15,16);2-3,8H,4-7H2,1H3;;1H2/q;;+1;/p-1. The number of carboxylic acid groups (broad SMARTS) is 1. The second kappa shape index (κ2) is 11.3. The van der Waals surface area contributed by atoms with Crippen LogP contribution in [0.1, 0.15) is 65.6 Å². The summed E-state index contributed by atoms with van der Waals surface area (Å²) < 4.78 is 20.9. The Morgan fingerprint density at radius 2 is 1.46 bits per heavy atom. The first kappa shape index (κ1) is 30.7. The number of hydrogen-bond acceptors (Lipinski definition) is 9. The molecule has 0 amide bonds. The van der Waals surface area contributed by atoms with Crippen molar-refractivity contribution in [3.8, 4) is 11.5 Å². The first-order chi connectivity index (χ1) is 17.7. The molecular weight excluding hydrogens is 503 g/mol. The van der Waals surface area contributed by atoms with Gasteiger partial charge in [-0.25, -0.2) is 0 Å². The van der Waals surface area contributed by atoms with E-state index in [0.29, 0.717) is 67.1 Å². The Labute approximate surface area is 238 Å². The summed E-state index contributed by atoms with van der Waals surface area (Å²) in [5.41, 5.74) is 1.37. The largest absolute Gasteiger partial charge is 1.00 e. The fourth-order valence-corrected chi connectivity index (χ4v) is 5.15. The van der Waals surface area contributed by atoms with E-state index in [0.717, 1.165) is 18.4 Å². The van der Waals surface area contributed by atoms with Crippen molar-refractivity contribution in [1.82, 2.24) is 0 Å². The maximum absolute atomic E-state index is 11.8. The van der Waals surface area contributed by atoms with Crippen LogP contribution in [0.3, 0.4) is 0 Å². The van der Waals surface area contributed by atoms with E-state index in [1.807, 2.05) is 6.07 Å². The second-order valence-corrected chi connectivity index (χ2v) is 9.99. The molecule has 3 N–H and O–H groups in total. The number of rotatable bonds is 5. The normalized spacial score (nSPS) is 22.4. The quantitative estimate of drug-likeness (QED) is 0.305. The molecule has 2 heterocycles. The van der Waals surface area contributed by atoms with Crippen molar-refractivity contribution in [1.29, 1.82) is 0 Å². The molecule has 0 radical (unpaired) electrons. The number of fused-ring (bicyclic) bond motifs is 2. The Bertz CT molecular complexity index is 1270. The smallest absolute Gasteiger partial charge is 0.870 e. The van der Waals surface area contributed by atoms with E-state index in [2.05, 4.69) is 0 Å². The zero-order valence-corrected chi connectivity index (χ0v) is 22.3. The van der Waals surface area contributed by atoms with Gasteiger partial charge in [-0.15, -0.1) is 0 Å². The number of aliphatic carboxylic acids is 1. The van der Waals surface area contributed by atoms with Crippen molar-refractivity contribution >= 4 is 17.7 Å². The van der Waals surface area contributed by atoms with Crippen LogP contribution in [0, 0.1) is 0 Å². The van der Waals surface area contributed by atoms with Crippen molar-refractivity contribution in [3.05, 3.63) is 58.7 Å². The number of carbonyl (C=O) groups is 3. The predicted octanol–water partition coefficient (Wildman–Crippen LogP) is 0.0604. The van der Waals surface area contributed by atoms with Crippen molar-refractivity contribution in [2.75, 3.05) is 27.4 Å². The van der Waals surface area contributed by atoms with Crippen molar-refractivity contribution in [3.63, 3.8) is 0 Å². The summed E-state index contributed by atoms with van der Waals surface area (Å²) in [5, 5.41) is 19.8. The summed E-state index contributed by atoms with van der Waals surface area (Å²) in [5.74, 6) is -1.16. The molecule has 0 aromatic heterocycles. The summed E-state index contributed by atoms with van der Waals surface area (Å²) in [4.78, 5) is 35.0. The molecule has 10 nitrogen and oxygen atoms in total. The van der Waals surface area contributed by atoms with E-state index >= 15 is 0 Å². The maximum atomic E-state index is 11.8. The second-order valence-electron chi connectivity index (χ2n) is 9.99. The van der Waals surface area contributed by atoms with Gasteiger partial charge in [0.05, 0.1) is 42.3 Å². The van der Waals surface area contributed by atoms with Gasteiger partial charge in [0, 0.05) is 20.0 Å². The number of aliphatic hydroxyl groups is 1. The molecule has 0 bridgehead atoms. The van der Waals surface area contributed by atoms with E-state index < -0.39 is 22.6 Å². The molecule has 4 aliphatic rings.